The summed E-state index contributed by atoms with van der Waals surface area (Å²) in [4.78, 5) is 4.81. The van der Waals surface area contributed by atoms with Crippen molar-refractivity contribution in [1.29, 1.82) is 0 Å². The van der Waals surface area contributed by atoms with E-state index < -0.39 is 0 Å². The summed E-state index contributed by atoms with van der Waals surface area (Å²) in [6.07, 6.45) is 0. The first-order chi connectivity index (χ1) is 11.5. The highest BCUT2D eigenvalue weighted by Gasteiger charge is 2.20. The average Bonchev–Trinajstić information content (AvgIpc) is 2.91. The SMILES string of the molecule is Cc1cc(C)c2c(-c3ccccc3)nc(NC(CO)C(C)C)n2n1. The molecule has 0 spiro atoms. The predicted molar refractivity (Wildman–Crippen MR) is 97.2 cm³/mol. The van der Waals surface area contributed by atoms with Crippen molar-refractivity contribution < 1.29 is 5.11 Å². The minimum absolute atomic E-state index is 0.0536. The minimum atomic E-state index is -0.0677. The summed E-state index contributed by atoms with van der Waals surface area (Å²) in [6, 6.07) is 12.1. The molecule has 1 atom stereocenters. The molecule has 3 rings (SSSR count). The van der Waals surface area contributed by atoms with Crippen LogP contribution in [0.2, 0.25) is 0 Å². The molecule has 0 amide bonds. The van der Waals surface area contributed by atoms with E-state index in [9.17, 15) is 5.11 Å². The van der Waals surface area contributed by atoms with E-state index in [4.69, 9.17) is 4.98 Å². The van der Waals surface area contributed by atoms with Crippen molar-refractivity contribution in [2.24, 2.45) is 5.92 Å². The molecule has 2 aromatic heterocycles. The van der Waals surface area contributed by atoms with Crippen molar-refractivity contribution in [1.82, 2.24) is 14.6 Å². The average molecular weight is 324 g/mol. The molecule has 126 valence electrons. The fraction of sp³-hybridized carbons (Fsp3) is 0.368. The molecule has 0 radical (unpaired) electrons. The van der Waals surface area contributed by atoms with E-state index in [0.29, 0.717) is 5.95 Å². The number of aliphatic hydroxyl groups is 1. The summed E-state index contributed by atoms with van der Waals surface area (Å²) in [5.74, 6) is 0.955. The zero-order chi connectivity index (χ0) is 17.3. The van der Waals surface area contributed by atoms with Gasteiger partial charge in [0.15, 0.2) is 0 Å². The second-order valence-corrected chi connectivity index (χ2v) is 6.56. The van der Waals surface area contributed by atoms with Crippen molar-refractivity contribution in [2.75, 3.05) is 11.9 Å². The quantitative estimate of drug-likeness (QED) is 0.754. The molecule has 0 fully saturated rings. The van der Waals surface area contributed by atoms with Gasteiger partial charge in [-0.1, -0.05) is 44.2 Å². The molecule has 2 heterocycles. The van der Waals surface area contributed by atoms with Crippen LogP contribution in [-0.2, 0) is 0 Å². The normalized spacial score (nSPS) is 12.8. The number of nitrogens with one attached hydrogen (secondary N) is 1. The van der Waals surface area contributed by atoms with Crippen LogP contribution in [0.4, 0.5) is 5.95 Å². The molecule has 0 aliphatic rings. The third kappa shape index (κ3) is 2.99. The van der Waals surface area contributed by atoms with Crippen LogP contribution in [0.25, 0.3) is 16.8 Å². The van der Waals surface area contributed by atoms with Crippen molar-refractivity contribution in [3.05, 3.63) is 47.7 Å². The van der Waals surface area contributed by atoms with Crippen LogP contribution in [0.5, 0.6) is 0 Å². The molecule has 1 unspecified atom stereocenters. The molecule has 0 saturated carbocycles. The summed E-state index contributed by atoms with van der Waals surface area (Å²) in [5, 5.41) is 17.6. The Morgan fingerprint density at radius 3 is 2.50 bits per heavy atom. The Bertz CT molecular complexity index is 839. The second kappa shape index (κ2) is 6.61. The Labute approximate surface area is 142 Å². The van der Waals surface area contributed by atoms with Crippen LogP contribution in [-0.4, -0.2) is 32.4 Å². The number of benzene rings is 1. The Hall–Kier alpha value is -2.40. The van der Waals surface area contributed by atoms with Crippen molar-refractivity contribution >= 4 is 11.5 Å². The van der Waals surface area contributed by atoms with Gasteiger partial charge in [-0.3, -0.25) is 0 Å². The maximum Gasteiger partial charge on any atom is 0.225 e. The molecular weight excluding hydrogens is 300 g/mol. The van der Waals surface area contributed by atoms with Crippen molar-refractivity contribution in [2.45, 2.75) is 33.7 Å². The Kier molecular flexibility index (Phi) is 4.53. The van der Waals surface area contributed by atoms with Gasteiger partial charge >= 0.3 is 0 Å². The van der Waals surface area contributed by atoms with Gasteiger partial charge in [0, 0.05) is 5.56 Å². The van der Waals surface area contributed by atoms with E-state index in [-0.39, 0.29) is 18.6 Å². The van der Waals surface area contributed by atoms with E-state index in [2.05, 4.69) is 49.4 Å². The molecule has 1 aromatic carbocycles. The lowest BCUT2D eigenvalue weighted by molar-refractivity contribution is 0.248. The second-order valence-electron chi connectivity index (χ2n) is 6.56. The molecule has 3 aromatic rings. The number of imidazole rings is 1. The predicted octanol–water partition coefficient (Wildman–Crippen LogP) is 3.44. The largest absolute Gasteiger partial charge is 0.394 e. The number of aryl methyl sites for hydroxylation is 2. The topological polar surface area (TPSA) is 62.5 Å². The molecule has 5 heteroatoms. The van der Waals surface area contributed by atoms with Crippen LogP contribution >= 0.6 is 0 Å². The third-order valence-electron chi connectivity index (χ3n) is 4.27. The number of aromatic nitrogens is 3. The lowest BCUT2D eigenvalue weighted by Gasteiger charge is -2.19. The molecule has 24 heavy (non-hydrogen) atoms. The van der Waals surface area contributed by atoms with Crippen LogP contribution in [0, 0.1) is 19.8 Å². The van der Waals surface area contributed by atoms with E-state index in [1.165, 1.54) is 0 Å². The minimum Gasteiger partial charge on any atom is -0.394 e. The Morgan fingerprint density at radius 1 is 1.17 bits per heavy atom. The zero-order valence-corrected chi connectivity index (χ0v) is 14.6. The fourth-order valence-corrected chi connectivity index (χ4v) is 2.91. The number of hydrogen-bond donors (Lipinski definition) is 2. The molecule has 2 N–H and O–H groups in total. The van der Waals surface area contributed by atoms with E-state index >= 15 is 0 Å². The first-order valence-electron chi connectivity index (χ1n) is 8.31. The van der Waals surface area contributed by atoms with Crippen LogP contribution in [0.3, 0.4) is 0 Å². The summed E-state index contributed by atoms with van der Waals surface area (Å²) < 4.78 is 1.86. The number of hydrogen-bond acceptors (Lipinski definition) is 4. The standard InChI is InChI=1S/C19H24N4O/c1-12(2)16(11-24)20-19-21-17(15-8-6-5-7-9-15)18-13(3)10-14(4)22-23(18)19/h5-10,12,16,24H,11H2,1-4H3,(H,20,21). The van der Waals surface area contributed by atoms with Crippen LogP contribution in [0.1, 0.15) is 25.1 Å². The fourth-order valence-electron chi connectivity index (χ4n) is 2.91. The van der Waals surface area contributed by atoms with E-state index in [1.54, 1.807) is 0 Å². The van der Waals surface area contributed by atoms with Gasteiger partial charge in [0.05, 0.1) is 23.9 Å². The maximum absolute atomic E-state index is 9.64. The van der Waals surface area contributed by atoms with Gasteiger partial charge in [0.2, 0.25) is 5.95 Å². The van der Waals surface area contributed by atoms with Gasteiger partial charge in [-0.2, -0.15) is 9.61 Å². The maximum atomic E-state index is 9.64. The van der Waals surface area contributed by atoms with Crippen molar-refractivity contribution in [3.63, 3.8) is 0 Å². The number of aliphatic hydroxyl groups excluding tert-OH is 1. The number of rotatable bonds is 5. The molecule has 0 saturated heterocycles. The van der Waals surface area contributed by atoms with E-state index in [1.807, 2.05) is 29.6 Å². The van der Waals surface area contributed by atoms with Crippen LogP contribution < -0.4 is 5.32 Å². The van der Waals surface area contributed by atoms with Crippen LogP contribution in [0.15, 0.2) is 36.4 Å². The smallest absolute Gasteiger partial charge is 0.225 e. The monoisotopic (exact) mass is 324 g/mol. The summed E-state index contributed by atoms with van der Waals surface area (Å²) in [5.41, 5.74) is 5.03. The van der Waals surface area contributed by atoms with Gasteiger partial charge < -0.3 is 10.4 Å². The lowest BCUT2D eigenvalue weighted by Crippen LogP contribution is -2.30. The highest BCUT2D eigenvalue weighted by molar-refractivity contribution is 5.81. The Balaban J connectivity index is 2.20. The number of fused-ring (bicyclic) bond motifs is 1. The van der Waals surface area contributed by atoms with Gasteiger partial charge in [0.25, 0.3) is 0 Å². The highest BCUT2D eigenvalue weighted by Crippen LogP contribution is 2.29. The van der Waals surface area contributed by atoms with Gasteiger partial charge in [0.1, 0.15) is 5.69 Å². The molecule has 0 bridgehead atoms. The molecule has 5 nitrogen and oxygen atoms in total. The molecular formula is C19H24N4O. The summed E-state index contributed by atoms with van der Waals surface area (Å²) in [7, 11) is 0. The lowest BCUT2D eigenvalue weighted by atomic mass is 10.1. The molecule has 0 aliphatic carbocycles. The zero-order valence-electron chi connectivity index (χ0n) is 14.6. The molecule has 0 aliphatic heterocycles. The van der Waals surface area contributed by atoms with Gasteiger partial charge in [-0.05, 0) is 31.4 Å². The van der Waals surface area contributed by atoms with Gasteiger partial charge in [-0.15, -0.1) is 0 Å². The summed E-state index contributed by atoms with van der Waals surface area (Å²) in [6.45, 7) is 8.26. The summed E-state index contributed by atoms with van der Waals surface area (Å²) >= 11 is 0. The Morgan fingerprint density at radius 2 is 1.88 bits per heavy atom. The number of nitrogens with zero attached hydrogens (tertiary/aromatic N) is 3. The van der Waals surface area contributed by atoms with Crippen molar-refractivity contribution in [3.8, 4) is 11.3 Å². The third-order valence-corrected chi connectivity index (χ3v) is 4.27. The first-order valence-corrected chi connectivity index (χ1v) is 8.31. The highest BCUT2D eigenvalue weighted by atomic mass is 16.3. The van der Waals surface area contributed by atoms with E-state index in [0.717, 1.165) is 28.0 Å². The number of anilines is 1. The first kappa shape index (κ1) is 16.5. The van der Waals surface area contributed by atoms with Gasteiger partial charge in [-0.25, -0.2) is 4.98 Å².